The molecule has 0 N–H and O–H groups in total. The van der Waals surface area contributed by atoms with E-state index in [1.165, 1.54) is 5.75 Å². The Morgan fingerprint density at radius 1 is 1.53 bits per heavy atom. The second-order valence-electron chi connectivity index (χ2n) is 4.14. The number of hydrogen-bond acceptors (Lipinski definition) is 4. The highest BCUT2D eigenvalue weighted by atomic mass is 32.2. The third kappa shape index (κ3) is 3.07. The molecule has 17 heavy (non-hydrogen) atoms. The van der Waals surface area contributed by atoms with Crippen LogP contribution in [0.1, 0.15) is 19.7 Å². The molecule has 1 saturated heterocycles. The highest BCUT2D eigenvalue weighted by Gasteiger charge is 2.29. The van der Waals surface area contributed by atoms with Crippen LogP contribution >= 0.6 is 23.5 Å². The van der Waals surface area contributed by atoms with Crippen molar-refractivity contribution < 1.29 is 4.79 Å². The van der Waals surface area contributed by atoms with Gasteiger partial charge in [-0.3, -0.25) is 4.79 Å². The molecular formula is C12H18N2OS2. The second-order valence-corrected chi connectivity index (χ2v) is 6.87. The molecule has 1 aliphatic heterocycles. The molecular weight excluding hydrogens is 252 g/mol. The smallest absolute Gasteiger partial charge is 0.154 e. The van der Waals surface area contributed by atoms with Crippen molar-refractivity contribution in [3.05, 3.63) is 18.2 Å². The number of carbonyl (C=O) groups excluding carboxylic acids is 1. The highest BCUT2D eigenvalue weighted by Crippen LogP contribution is 2.32. The molecule has 0 amide bonds. The predicted octanol–water partition coefficient (Wildman–Crippen LogP) is 2.25. The largest absolute Gasteiger partial charge is 0.335 e. The molecule has 2 atom stereocenters. The first kappa shape index (κ1) is 13.0. The number of aromatic nitrogens is 2. The van der Waals surface area contributed by atoms with Gasteiger partial charge in [-0.2, -0.15) is 11.8 Å². The summed E-state index contributed by atoms with van der Waals surface area (Å²) in [5.41, 5.74) is 0. The standard InChI is InChI=1S/C12H18N2OS2/c1-3-14-5-4-13-11(14)8-10(15)12-9(2)16-6-7-17-12/h4-5,9,12H,3,6-8H2,1-2H3. The summed E-state index contributed by atoms with van der Waals surface area (Å²) in [7, 11) is 0. The van der Waals surface area contributed by atoms with Crippen LogP contribution in [0.5, 0.6) is 0 Å². The van der Waals surface area contributed by atoms with Crippen molar-refractivity contribution in [2.24, 2.45) is 0 Å². The van der Waals surface area contributed by atoms with E-state index in [0.717, 1.165) is 18.1 Å². The summed E-state index contributed by atoms with van der Waals surface area (Å²) < 4.78 is 2.04. The average molecular weight is 270 g/mol. The molecule has 0 aromatic carbocycles. The average Bonchev–Trinajstić information content (AvgIpc) is 2.76. The molecule has 2 heterocycles. The number of ketones is 1. The quantitative estimate of drug-likeness (QED) is 0.840. The van der Waals surface area contributed by atoms with Gasteiger partial charge in [-0.15, -0.1) is 11.8 Å². The maximum atomic E-state index is 12.3. The fraction of sp³-hybridized carbons (Fsp3) is 0.667. The zero-order valence-corrected chi connectivity index (χ0v) is 11.9. The van der Waals surface area contributed by atoms with Crippen molar-refractivity contribution in [3.8, 4) is 0 Å². The monoisotopic (exact) mass is 270 g/mol. The van der Waals surface area contributed by atoms with Gasteiger partial charge in [-0.1, -0.05) is 6.92 Å². The molecule has 1 aromatic rings. The molecule has 1 aliphatic rings. The summed E-state index contributed by atoms with van der Waals surface area (Å²) in [6.45, 7) is 5.11. The van der Waals surface area contributed by atoms with Gasteiger partial charge in [0.15, 0.2) is 5.78 Å². The Morgan fingerprint density at radius 2 is 2.29 bits per heavy atom. The van der Waals surface area contributed by atoms with E-state index in [1.54, 1.807) is 6.20 Å². The molecule has 3 nitrogen and oxygen atoms in total. The topological polar surface area (TPSA) is 34.9 Å². The number of Topliss-reactive ketones (excluding diaryl/α,β-unsaturated/α-hetero) is 1. The lowest BCUT2D eigenvalue weighted by Gasteiger charge is -2.26. The van der Waals surface area contributed by atoms with Crippen molar-refractivity contribution in [2.45, 2.75) is 37.3 Å². The molecule has 1 aromatic heterocycles. The van der Waals surface area contributed by atoms with Crippen molar-refractivity contribution in [1.82, 2.24) is 9.55 Å². The van der Waals surface area contributed by atoms with Gasteiger partial charge in [0, 0.05) is 35.7 Å². The Morgan fingerprint density at radius 3 is 3.00 bits per heavy atom. The molecule has 0 spiro atoms. The van der Waals surface area contributed by atoms with E-state index in [4.69, 9.17) is 0 Å². The minimum atomic E-state index is 0.149. The lowest BCUT2D eigenvalue weighted by molar-refractivity contribution is -0.118. The lowest BCUT2D eigenvalue weighted by atomic mass is 10.1. The number of nitrogens with zero attached hydrogens (tertiary/aromatic N) is 2. The maximum absolute atomic E-state index is 12.3. The zero-order valence-electron chi connectivity index (χ0n) is 10.3. The molecule has 2 unspecified atom stereocenters. The van der Waals surface area contributed by atoms with Crippen molar-refractivity contribution in [1.29, 1.82) is 0 Å². The molecule has 5 heteroatoms. The van der Waals surface area contributed by atoms with E-state index in [0.29, 0.717) is 17.5 Å². The van der Waals surface area contributed by atoms with E-state index < -0.39 is 0 Å². The molecule has 0 bridgehead atoms. The van der Waals surface area contributed by atoms with Crippen LogP contribution < -0.4 is 0 Å². The van der Waals surface area contributed by atoms with Gasteiger partial charge in [0.1, 0.15) is 5.82 Å². The molecule has 0 aliphatic carbocycles. The van der Waals surface area contributed by atoms with E-state index in [9.17, 15) is 4.79 Å². The van der Waals surface area contributed by atoms with Crippen LogP contribution in [0.4, 0.5) is 0 Å². The highest BCUT2D eigenvalue weighted by molar-refractivity contribution is 8.07. The summed E-state index contributed by atoms with van der Waals surface area (Å²) in [5.74, 6) is 3.49. The van der Waals surface area contributed by atoms with Gasteiger partial charge in [-0.25, -0.2) is 4.98 Å². The summed E-state index contributed by atoms with van der Waals surface area (Å²) in [5, 5.41) is 0.585. The summed E-state index contributed by atoms with van der Waals surface area (Å²) >= 11 is 3.72. The molecule has 0 radical (unpaired) electrons. The number of hydrogen-bond donors (Lipinski definition) is 0. The van der Waals surface area contributed by atoms with Gasteiger partial charge in [0.05, 0.1) is 11.7 Å². The van der Waals surface area contributed by atoms with Gasteiger partial charge in [0.25, 0.3) is 0 Å². The Labute approximate surface area is 111 Å². The van der Waals surface area contributed by atoms with E-state index in [2.05, 4.69) is 18.8 Å². The SMILES string of the molecule is CCn1ccnc1CC(=O)C1SCCSC1C. The Bertz CT molecular complexity index is 392. The predicted molar refractivity (Wildman–Crippen MR) is 74.8 cm³/mol. The van der Waals surface area contributed by atoms with Gasteiger partial charge < -0.3 is 4.57 Å². The van der Waals surface area contributed by atoms with Crippen LogP contribution in [0.3, 0.4) is 0 Å². The minimum Gasteiger partial charge on any atom is -0.335 e. The number of imidazole rings is 1. The first-order valence-corrected chi connectivity index (χ1v) is 8.08. The molecule has 1 fully saturated rings. The second kappa shape index (κ2) is 5.96. The summed E-state index contributed by atoms with van der Waals surface area (Å²) in [4.78, 5) is 16.5. The Balaban J connectivity index is 2.01. The summed E-state index contributed by atoms with van der Waals surface area (Å²) in [6, 6.07) is 0. The van der Waals surface area contributed by atoms with Crippen LogP contribution in [-0.2, 0) is 17.8 Å². The van der Waals surface area contributed by atoms with Gasteiger partial charge in [-0.05, 0) is 6.92 Å². The first-order valence-electron chi connectivity index (χ1n) is 5.98. The van der Waals surface area contributed by atoms with E-state index >= 15 is 0 Å². The third-order valence-electron chi connectivity index (χ3n) is 2.98. The van der Waals surface area contributed by atoms with Crippen molar-refractivity contribution in [2.75, 3.05) is 11.5 Å². The minimum absolute atomic E-state index is 0.149. The van der Waals surface area contributed by atoms with Crippen LogP contribution in [0.25, 0.3) is 0 Å². The molecule has 2 rings (SSSR count). The van der Waals surface area contributed by atoms with E-state index in [1.807, 2.05) is 34.3 Å². The number of thioether (sulfide) groups is 2. The first-order chi connectivity index (χ1) is 8.22. The number of aryl methyl sites for hydroxylation is 1. The van der Waals surface area contributed by atoms with Crippen LogP contribution in [0, 0.1) is 0 Å². The van der Waals surface area contributed by atoms with Gasteiger partial charge >= 0.3 is 0 Å². The lowest BCUT2D eigenvalue weighted by Crippen LogP contribution is -2.32. The fourth-order valence-electron chi connectivity index (χ4n) is 2.04. The molecule has 0 saturated carbocycles. The summed E-state index contributed by atoms with van der Waals surface area (Å²) in [6.07, 6.45) is 4.19. The fourth-order valence-corrected chi connectivity index (χ4v) is 4.77. The van der Waals surface area contributed by atoms with E-state index in [-0.39, 0.29) is 5.25 Å². The van der Waals surface area contributed by atoms with Crippen LogP contribution in [0.2, 0.25) is 0 Å². The van der Waals surface area contributed by atoms with Crippen LogP contribution in [0.15, 0.2) is 12.4 Å². The van der Waals surface area contributed by atoms with Crippen molar-refractivity contribution >= 4 is 29.3 Å². The zero-order chi connectivity index (χ0) is 12.3. The Kier molecular flexibility index (Phi) is 4.56. The maximum Gasteiger partial charge on any atom is 0.154 e. The normalized spacial score (nSPS) is 24.8. The number of carbonyl (C=O) groups is 1. The third-order valence-corrected chi connectivity index (χ3v) is 6.12. The Hall–Kier alpha value is -0.420. The van der Waals surface area contributed by atoms with Gasteiger partial charge in [0.2, 0.25) is 0 Å². The van der Waals surface area contributed by atoms with Crippen molar-refractivity contribution in [3.63, 3.8) is 0 Å². The molecule has 94 valence electrons. The number of rotatable bonds is 4. The van der Waals surface area contributed by atoms with Crippen LogP contribution in [-0.4, -0.2) is 37.3 Å².